The van der Waals surface area contributed by atoms with Crippen molar-refractivity contribution in [2.45, 2.75) is 26.7 Å². The van der Waals surface area contributed by atoms with Gasteiger partial charge in [-0.2, -0.15) is 0 Å². The second-order valence-electron chi connectivity index (χ2n) is 4.23. The first-order valence-corrected chi connectivity index (χ1v) is 5.45. The van der Waals surface area contributed by atoms with Crippen molar-refractivity contribution in [3.63, 3.8) is 0 Å². The third-order valence-electron chi connectivity index (χ3n) is 3.10. The monoisotopic (exact) mass is 223 g/mol. The van der Waals surface area contributed by atoms with Gasteiger partial charge in [0.1, 0.15) is 0 Å². The number of benzene rings is 1. The van der Waals surface area contributed by atoms with Gasteiger partial charge in [-0.3, -0.25) is 4.39 Å². The van der Waals surface area contributed by atoms with Crippen LogP contribution in [0.3, 0.4) is 0 Å². The highest BCUT2D eigenvalue weighted by atomic mass is 19.1. The van der Waals surface area contributed by atoms with Crippen molar-refractivity contribution >= 4 is 5.71 Å². The Labute approximate surface area is 95.8 Å². The number of hydrogen-bond donors (Lipinski definition) is 1. The zero-order valence-corrected chi connectivity index (χ0v) is 9.94. The maximum Gasteiger partial charge on any atom is 0.0925 e. The first kappa shape index (κ1) is 12.7. The summed E-state index contributed by atoms with van der Waals surface area (Å²) in [5, 5.41) is 11.8. The second kappa shape index (κ2) is 5.64. The Morgan fingerprint density at radius 2 is 1.88 bits per heavy atom. The molecule has 16 heavy (non-hydrogen) atoms. The fourth-order valence-electron chi connectivity index (χ4n) is 1.55. The molecule has 1 rings (SSSR count). The van der Waals surface area contributed by atoms with E-state index in [-0.39, 0.29) is 18.5 Å². The molecule has 0 saturated heterocycles. The maximum absolute atomic E-state index is 12.5. The summed E-state index contributed by atoms with van der Waals surface area (Å²) in [6.45, 7) is 5.36. The van der Waals surface area contributed by atoms with Crippen molar-refractivity contribution in [3.8, 4) is 0 Å². The molecule has 3 heteroatoms. The molecule has 0 aromatic heterocycles. The summed E-state index contributed by atoms with van der Waals surface area (Å²) in [5.74, 6) is 0.226. The van der Waals surface area contributed by atoms with Gasteiger partial charge >= 0.3 is 0 Å². The van der Waals surface area contributed by atoms with Gasteiger partial charge in [-0.05, 0) is 29.9 Å². The molecular weight excluding hydrogens is 205 g/mol. The van der Waals surface area contributed by atoms with Crippen LogP contribution in [0.15, 0.2) is 29.4 Å². The molecule has 0 aliphatic rings. The smallest absolute Gasteiger partial charge is 0.0925 e. The van der Waals surface area contributed by atoms with Crippen molar-refractivity contribution in [2.75, 3.05) is 6.67 Å². The predicted octanol–water partition coefficient (Wildman–Crippen LogP) is 3.59. The third-order valence-corrected chi connectivity index (χ3v) is 3.10. The Kier molecular flexibility index (Phi) is 4.47. The standard InChI is InChI=1S/C13H18FNO/c1-9(8-14)10(2)12-4-6-13(7-5-12)11(3)15-16/h4-7,9-10,16H,8H2,1-3H3/b15-11+/t9-,10?/m1/s1. The summed E-state index contributed by atoms with van der Waals surface area (Å²) in [4.78, 5) is 0. The van der Waals surface area contributed by atoms with Crippen LogP contribution in [-0.4, -0.2) is 17.6 Å². The van der Waals surface area contributed by atoms with E-state index in [1.807, 2.05) is 38.1 Å². The number of hydrogen-bond acceptors (Lipinski definition) is 2. The maximum atomic E-state index is 12.5. The largest absolute Gasteiger partial charge is 0.411 e. The predicted molar refractivity (Wildman–Crippen MR) is 64.0 cm³/mol. The molecule has 1 aromatic carbocycles. The van der Waals surface area contributed by atoms with E-state index < -0.39 is 0 Å². The van der Waals surface area contributed by atoms with E-state index in [9.17, 15) is 4.39 Å². The van der Waals surface area contributed by atoms with E-state index in [1.165, 1.54) is 0 Å². The van der Waals surface area contributed by atoms with E-state index in [1.54, 1.807) is 6.92 Å². The van der Waals surface area contributed by atoms with Crippen LogP contribution >= 0.6 is 0 Å². The van der Waals surface area contributed by atoms with Crippen molar-refractivity contribution < 1.29 is 9.60 Å². The first-order chi connectivity index (χ1) is 7.60. The first-order valence-electron chi connectivity index (χ1n) is 5.45. The molecule has 0 radical (unpaired) electrons. The summed E-state index contributed by atoms with van der Waals surface area (Å²) in [7, 11) is 0. The van der Waals surface area contributed by atoms with Crippen molar-refractivity contribution in [1.29, 1.82) is 0 Å². The summed E-state index contributed by atoms with van der Waals surface area (Å²) >= 11 is 0. The fraction of sp³-hybridized carbons (Fsp3) is 0.462. The molecule has 0 fully saturated rings. The van der Waals surface area contributed by atoms with Gasteiger partial charge in [0.05, 0.1) is 12.4 Å². The second-order valence-corrected chi connectivity index (χ2v) is 4.23. The van der Waals surface area contributed by atoms with Crippen LogP contribution in [0.1, 0.15) is 37.8 Å². The van der Waals surface area contributed by atoms with Crippen molar-refractivity contribution in [3.05, 3.63) is 35.4 Å². The lowest BCUT2D eigenvalue weighted by atomic mass is 9.89. The van der Waals surface area contributed by atoms with Crippen molar-refractivity contribution in [2.24, 2.45) is 11.1 Å². The van der Waals surface area contributed by atoms with E-state index >= 15 is 0 Å². The van der Waals surface area contributed by atoms with E-state index in [0.29, 0.717) is 5.71 Å². The van der Waals surface area contributed by atoms with E-state index in [0.717, 1.165) is 11.1 Å². The number of rotatable bonds is 4. The van der Waals surface area contributed by atoms with Crippen LogP contribution in [0.5, 0.6) is 0 Å². The summed E-state index contributed by atoms with van der Waals surface area (Å²) in [6, 6.07) is 7.71. The van der Waals surface area contributed by atoms with Crippen LogP contribution in [-0.2, 0) is 0 Å². The van der Waals surface area contributed by atoms with Gasteiger partial charge in [0.15, 0.2) is 0 Å². The SMILES string of the molecule is C/C(=N\O)c1ccc(C(C)[C@H](C)CF)cc1. The molecule has 0 heterocycles. The summed E-state index contributed by atoms with van der Waals surface area (Å²) in [6.07, 6.45) is 0. The Balaban J connectivity index is 2.86. The van der Waals surface area contributed by atoms with Crippen molar-refractivity contribution in [1.82, 2.24) is 0 Å². The van der Waals surface area contributed by atoms with E-state index in [2.05, 4.69) is 5.16 Å². The zero-order valence-electron chi connectivity index (χ0n) is 9.94. The summed E-state index contributed by atoms with van der Waals surface area (Å²) < 4.78 is 12.5. The summed E-state index contributed by atoms with van der Waals surface area (Å²) in [5.41, 5.74) is 2.57. The van der Waals surface area contributed by atoms with Gasteiger partial charge < -0.3 is 5.21 Å². The molecule has 1 unspecified atom stereocenters. The van der Waals surface area contributed by atoms with E-state index in [4.69, 9.17) is 5.21 Å². The number of oxime groups is 1. The van der Waals surface area contributed by atoms with Crippen LogP contribution in [0.25, 0.3) is 0 Å². The molecule has 0 spiro atoms. The van der Waals surface area contributed by atoms with Gasteiger partial charge in [-0.25, -0.2) is 0 Å². The Bertz CT molecular complexity index is 359. The molecule has 0 bridgehead atoms. The molecule has 0 aliphatic heterocycles. The van der Waals surface area contributed by atoms with Gasteiger partial charge in [0.25, 0.3) is 0 Å². The minimum atomic E-state index is -0.306. The average Bonchev–Trinajstić information content (AvgIpc) is 2.36. The minimum absolute atomic E-state index is 0.0263. The van der Waals surface area contributed by atoms with Gasteiger partial charge in [0, 0.05) is 0 Å². The van der Waals surface area contributed by atoms with Crippen LogP contribution in [0.2, 0.25) is 0 Å². The lowest BCUT2D eigenvalue weighted by Gasteiger charge is -2.17. The molecule has 1 aromatic rings. The normalized spacial score (nSPS) is 15.9. The Morgan fingerprint density at radius 1 is 1.31 bits per heavy atom. The average molecular weight is 223 g/mol. The third kappa shape index (κ3) is 2.81. The fourth-order valence-corrected chi connectivity index (χ4v) is 1.55. The molecule has 0 saturated carbocycles. The van der Waals surface area contributed by atoms with Crippen LogP contribution in [0, 0.1) is 5.92 Å². The topological polar surface area (TPSA) is 32.6 Å². The lowest BCUT2D eigenvalue weighted by Crippen LogP contribution is -2.08. The minimum Gasteiger partial charge on any atom is -0.411 e. The van der Waals surface area contributed by atoms with Gasteiger partial charge in [-0.15, -0.1) is 0 Å². The quantitative estimate of drug-likeness (QED) is 0.472. The molecular formula is C13H18FNO. The highest BCUT2D eigenvalue weighted by Crippen LogP contribution is 2.24. The molecule has 1 N–H and O–H groups in total. The van der Waals surface area contributed by atoms with Crippen LogP contribution in [0.4, 0.5) is 4.39 Å². The highest BCUT2D eigenvalue weighted by molar-refractivity contribution is 5.98. The van der Waals surface area contributed by atoms with Gasteiger partial charge in [-0.1, -0.05) is 43.3 Å². The number of halogens is 1. The zero-order chi connectivity index (χ0) is 12.1. The van der Waals surface area contributed by atoms with Crippen LogP contribution < -0.4 is 0 Å². The molecule has 88 valence electrons. The molecule has 0 amide bonds. The van der Waals surface area contributed by atoms with Gasteiger partial charge in [0.2, 0.25) is 0 Å². The molecule has 2 nitrogen and oxygen atoms in total. The molecule has 2 atom stereocenters. The number of nitrogens with zero attached hydrogens (tertiary/aromatic N) is 1. The Morgan fingerprint density at radius 3 is 2.31 bits per heavy atom. The highest BCUT2D eigenvalue weighted by Gasteiger charge is 2.13. The lowest BCUT2D eigenvalue weighted by molar-refractivity contribution is 0.319. The molecule has 0 aliphatic carbocycles. The Hall–Kier alpha value is -1.38. The number of alkyl halides is 1.